The van der Waals surface area contributed by atoms with Gasteiger partial charge in [0.15, 0.2) is 0 Å². The van der Waals surface area contributed by atoms with E-state index in [-0.39, 0.29) is 17.8 Å². The molecule has 1 fully saturated rings. The molecule has 1 aliphatic rings. The monoisotopic (exact) mass is 247 g/mol. The Morgan fingerprint density at radius 2 is 1.88 bits per heavy atom. The second-order valence-corrected chi connectivity index (χ2v) is 5.12. The summed E-state index contributed by atoms with van der Waals surface area (Å²) in [6, 6.07) is 0. The maximum absolute atomic E-state index is 9.60. The molecule has 0 aliphatic carbocycles. The highest BCUT2D eigenvalue weighted by Crippen LogP contribution is 2.20. The molecule has 0 amide bonds. The number of piperidine rings is 1. The van der Waals surface area contributed by atoms with Crippen LogP contribution < -0.4 is 5.32 Å². The number of ether oxygens (including phenoxy) is 2. The van der Waals surface area contributed by atoms with E-state index in [1.54, 1.807) is 7.11 Å². The zero-order valence-electron chi connectivity index (χ0n) is 11.3. The fourth-order valence-electron chi connectivity index (χ4n) is 1.45. The summed E-state index contributed by atoms with van der Waals surface area (Å²) in [6.07, 6.45) is 1.83. The van der Waals surface area contributed by atoms with Gasteiger partial charge in [-0.05, 0) is 46.7 Å². The molecule has 1 rings (SSSR count). The number of methoxy groups -OCH3 is 1. The standard InChI is InChI=1S/C7H15NO2.C5H10O2/c1-10-7(6-9)2-4-8-5-3-7;1-5(2,3)7-4-6/h8-9H,2-6H2,1H3;4H,1-3H3. The van der Waals surface area contributed by atoms with E-state index >= 15 is 0 Å². The van der Waals surface area contributed by atoms with Gasteiger partial charge >= 0.3 is 0 Å². The minimum absolute atomic E-state index is 0.144. The highest BCUT2D eigenvalue weighted by molar-refractivity contribution is 5.37. The number of rotatable bonds is 3. The lowest BCUT2D eigenvalue weighted by Gasteiger charge is -2.34. The summed E-state index contributed by atoms with van der Waals surface area (Å²) in [6.45, 7) is 7.97. The SMILES string of the molecule is CC(C)(C)OC=O.COC1(CO)CCNCC1. The molecule has 0 spiro atoms. The third kappa shape index (κ3) is 7.31. The van der Waals surface area contributed by atoms with E-state index in [0.717, 1.165) is 25.9 Å². The molecule has 0 aromatic carbocycles. The highest BCUT2D eigenvalue weighted by atomic mass is 16.5. The second-order valence-electron chi connectivity index (χ2n) is 5.12. The van der Waals surface area contributed by atoms with E-state index in [4.69, 9.17) is 9.84 Å². The van der Waals surface area contributed by atoms with Crippen LogP contribution in [0.3, 0.4) is 0 Å². The Labute approximate surface area is 103 Å². The van der Waals surface area contributed by atoms with E-state index in [1.165, 1.54) is 0 Å². The number of hydrogen-bond acceptors (Lipinski definition) is 5. The number of carbonyl (C=O) groups is 1. The van der Waals surface area contributed by atoms with Gasteiger partial charge in [0.2, 0.25) is 0 Å². The highest BCUT2D eigenvalue weighted by Gasteiger charge is 2.30. The molecule has 0 aromatic heterocycles. The van der Waals surface area contributed by atoms with Crippen molar-refractivity contribution in [2.24, 2.45) is 0 Å². The largest absolute Gasteiger partial charge is 0.462 e. The summed E-state index contributed by atoms with van der Waals surface area (Å²) < 4.78 is 9.79. The van der Waals surface area contributed by atoms with Crippen molar-refractivity contribution in [1.29, 1.82) is 0 Å². The van der Waals surface area contributed by atoms with E-state index < -0.39 is 0 Å². The van der Waals surface area contributed by atoms with Crippen molar-refractivity contribution in [1.82, 2.24) is 5.32 Å². The van der Waals surface area contributed by atoms with Crippen molar-refractivity contribution >= 4 is 6.47 Å². The molecule has 17 heavy (non-hydrogen) atoms. The summed E-state index contributed by atoms with van der Waals surface area (Å²) in [7, 11) is 1.67. The van der Waals surface area contributed by atoms with Crippen LogP contribution in [0, 0.1) is 0 Å². The van der Waals surface area contributed by atoms with E-state index in [2.05, 4.69) is 10.1 Å². The van der Waals surface area contributed by atoms with Gasteiger partial charge in [-0.2, -0.15) is 0 Å². The molecule has 5 nitrogen and oxygen atoms in total. The van der Waals surface area contributed by atoms with Gasteiger partial charge < -0.3 is 19.9 Å². The lowest BCUT2D eigenvalue weighted by molar-refractivity contribution is -0.138. The van der Waals surface area contributed by atoms with Gasteiger partial charge in [0.1, 0.15) is 5.60 Å². The molecule has 0 bridgehead atoms. The lowest BCUT2D eigenvalue weighted by Crippen LogP contribution is -2.45. The number of nitrogens with one attached hydrogen (secondary N) is 1. The summed E-state index contributed by atoms with van der Waals surface area (Å²) >= 11 is 0. The van der Waals surface area contributed by atoms with Gasteiger partial charge in [0, 0.05) is 7.11 Å². The van der Waals surface area contributed by atoms with E-state index in [0.29, 0.717) is 6.47 Å². The van der Waals surface area contributed by atoms with Gasteiger partial charge in [-0.25, -0.2) is 0 Å². The van der Waals surface area contributed by atoms with Crippen molar-refractivity contribution in [3.05, 3.63) is 0 Å². The maximum Gasteiger partial charge on any atom is 0.293 e. The quantitative estimate of drug-likeness (QED) is 0.719. The van der Waals surface area contributed by atoms with Gasteiger partial charge in [-0.3, -0.25) is 4.79 Å². The molecular formula is C12H25NO4. The van der Waals surface area contributed by atoms with Gasteiger partial charge in [-0.1, -0.05) is 0 Å². The molecule has 0 saturated carbocycles. The smallest absolute Gasteiger partial charge is 0.293 e. The Bertz CT molecular complexity index is 201. The third-order valence-corrected chi connectivity index (χ3v) is 2.64. The molecule has 0 unspecified atom stereocenters. The van der Waals surface area contributed by atoms with E-state index in [9.17, 15) is 4.79 Å². The first kappa shape index (κ1) is 16.4. The van der Waals surface area contributed by atoms with Crippen LogP contribution in [-0.4, -0.2) is 49.6 Å². The van der Waals surface area contributed by atoms with Crippen molar-refractivity contribution in [3.63, 3.8) is 0 Å². The molecule has 5 heteroatoms. The molecule has 0 aromatic rings. The van der Waals surface area contributed by atoms with Crippen molar-refractivity contribution in [3.8, 4) is 0 Å². The molecule has 102 valence electrons. The van der Waals surface area contributed by atoms with Crippen LogP contribution in [0.25, 0.3) is 0 Å². The minimum Gasteiger partial charge on any atom is -0.462 e. The summed E-state index contributed by atoms with van der Waals surface area (Å²) in [5.74, 6) is 0. The number of hydrogen-bond donors (Lipinski definition) is 2. The van der Waals surface area contributed by atoms with Gasteiger partial charge in [0.25, 0.3) is 6.47 Å². The Balaban J connectivity index is 0.000000325. The number of aliphatic hydroxyl groups excluding tert-OH is 1. The van der Waals surface area contributed by atoms with Crippen LogP contribution in [0.2, 0.25) is 0 Å². The van der Waals surface area contributed by atoms with Crippen molar-refractivity contribution in [2.45, 2.75) is 44.8 Å². The van der Waals surface area contributed by atoms with Crippen LogP contribution >= 0.6 is 0 Å². The van der Waals surface area contributed by atoms with Crippen LogP contribution in [-0.2, 0) is 14.3 Å². The molecule has 1 heterocycles. The average Bonchev–Trinajstić information content (AvgIpc) is 2.29. The third-order valence-electron chi connectivity index (χ3n) is 2.64. The zero-order valence-corrected chi connectivity index (χ0v) is 11.3. The Kier molecular flexibility index (Phi) is 7.34. The fraction of sp³-hybridized carbons (Fsp3) is 0.917. The first-order valence-corrected chi connectivity index (χ1v) is 5.87. The Morgan fingerprint density at radius 1 is 1.35 bits per heavy atom. The van der Waals surface area contributed by atoms with E-state index in [1.807, 2.05) is 20.8 Å². The van der Waals surface area contributed by atoms with Crippen LogP contribution in [0.1, 0.15) is 33.6 Å². The predicted octanol–water partition coefficient (Wildman–Crippen LogP) is 0.705. The zero-order chi connectivity index (χ0) is 13.4. The summed E-state index contributed by atoms with van der Waals surface area (Å²) in [5, 5.41) is 12.2. The Hall–Kier alpha value is -0.650. The molecule has 0 radical (unpaired) electrons. The number of aliphatic hydroxyl groups is 1. The first-order valence-electron chi connectivity index (χ1n) is 5.87. The lowest BCUT2D eigenvalue weighted by atomic mass is 9.93. The second kappa shape index (κ2) is 7.63. The molecule has 2 N–H and O–H groups in total. The fourth-order valence-corrected chi connectivity index (χ4v) is 1.45. The minimum atomic E-state index is -0.318. The normalized spacial score (nSPS) is 18.9. The molecule has 0 atom stereocenters. The molecule has 1 saturated heterocycles. The van der Waals surface area contributed by atoms with Crippen LogP contribution in [0.15, 0.2) is 0 Å². The van der Waals surface area contributed by atoms with Crippen molar-refractivity contribution < 1.29 is 19.4 Å². The maximum atomic E-state index is 9.60. The Morgan fingerprint density at radius 3 is 2.06 bits per heavy atom. The first-order chi connectivity index (χ1) is 7.89. The number of carbonyl (C=O) groups excluding carboxylic acids is 1. The van der Waals surface area contributed by atoms with Crippen LogP contribution in [0.5, 0.6) is 0 Å². The molecular weight excluding hydrogens is 222 g/mol. The predicted molar refractivity (Wildman–Crippen MR) is 65.8 cm³/mol. The topological polar surface area (TPSA) is 67.8 Å². The summed E-state index contributed by atoms with van der Waals surface area (Å²) in [5.41, 5.74) is -0.562. The van der Waals surface area contributed by atoms with Crippen molar-refractivity contribution in [2.75, 3.05) is 26.8 Å². The molecule has 1 aliphatic heterocycles. The summed E-state index contributed by atoms with van der Waals surface area (Å²) in [4.78, 5) is 9.60. The van der Waals surface area contributed by atoms with Crippen LogP contribution in [0.4, 0.5) is 0 Å². The average molecular weight is 247 g/mol. The van der Waals surface area contributed by atoms with Gasteiger partial charge in [-0.15, -0.1) is 0 Å². The van der Waals surface area contributed by atoms with Gasteiger partial charge in [0.05, 0.1) is 12.2 Å².